The van der Waals surface area contributed by atoms with Gasteiger partial charge in [0.05, 0.1) is 18.1 Å². The van der Waals surface area contributed by atoms with Gasteiger partial charge < -0.3 is 10.6 Å². The highest BCUT2D eigenvalue weighted by Crippen LogP contribution is 2.14. The van der Waals surface area contributed by atoms with Crippen molar-refractivity contribution < 1.29 is 4.79 Å². The van der Waals surface area contributed by atoms with Gasteiger partial charge in [0.1, 0.15) is 6.04 Å². The lowest BCUT2D eigenvalue weighted by Gasteiger charge is -2.13. The fourth-order valence-corrected chi connectivity index (χ4v) is 1.57. The lowest BCUT2D eigenvalue weighted by molar-refractivity contribution is -0.118. The van der Waals surface area contributed by atoms with Gasteiger partial charge in [-0.2, -0.15) is 10.2 Å². The van der Waals surface area contributed by atoms with Gasteiger partial charge >= 0.3 is 0 Å². The number of nitrogens with one attached hydrogen (secondary N) is 3. The molecule has 0 aliphatic carbocycles. The molecular formula is C10H15ClN6O. The zero-order valence-electron chi connectivity index (χ0n) is 10.0. The van der Waals surface area contributed by atoms with E-state index in [1.807, 2.05) is 7.05 Å². The lowest BCUT2D eigenvalue weighted by atomic mass is 10.1. The zero-order valence-corrected chi connectivity index (χ0v) is 10.9. The van der Waals surface area contributed by atoms with Crippen molar-refractivity contribution in [2.24, 2.45) is 7.05 Å². The average Bonchev–Trinajstić information content (AvgIpc) is 2.91. The van der Waals surface area contributed by atoms with Crippen LogP contribution in [-0.2, 0) is 11.8 Å². The van der Waals surface area contributed by atoms with Gasteiger partial charge in [0, 0.05) is 25.0 Å². The summed E-state index contributed by atoms with van der Waals surface area (Å²) >= 11 is 0. The van der Waals surface area contributed by atoms with Crippen LogP contribution in [0.5, 0.6) is 0 Å². The van der Waals surface area contributed by atoms with Gasteiger partial charge in [-0.15, -0.1) is 12.4 Å². The first-order valence-electron chi connectivity index (χ1n) is 5.16. The summed E-state index contributed by atoms with van der Waals surface area (Å²) < 4.78 is 1.66. The number of likely N-dealkylation sites (N-methyl/N-ethyl adjacent to an activating group) is 1. The minimum atomic E-state index is -0.432. The fraction of sp³-hybridized carbons (Fsp3) is 0.300. The number of aryl methyl sites for hydroxylation is 1. The van der Waals surface area contributed by atoms with Crippen LogP contribution in [0.25, 0.3) is 0 Å². The third-order valence-corrected chi connectivity index (χ3v) is 2.37. The molecule has 0 aliphatic heterocycles. The highest BCUT2D eigenvalue weighted by molar-refractivity contribution is 5.95. The topological polar surface area (TPSA) is 87.6 Å². The first-order valence-corrected chi connectivity index (χ1v) is 5.16. The van der Waals surface area contributed by atoms with E-state index >= 15 is 0 Å². The molecule has 18 heavy (non-hydrogen) atoms. The lowest BCUT2D eigenvalue weighted by Crippen LogP contribution is -2.30. The summed E-state index contributed by atoms with van der Waals surface area (Å²) in [6, 6.07) is -0.432. The van der Waals surface area contributed by atoms with Crippen LogP contribution in [0, 0.1) is 0 Å². The molecule has 2 aromatic rings. The Bertz CT molecular complexity index is 494. The Kier molecular flexibility index (Phi) is 4.87. The highest BCUT2D eigenvalue weighted by atomic mass is 35.5. The standard InChI is InChI=1S/C10H14N6O.ClH/c1-11-9(7-3-14-16(2)6-7)10(17)15-8-4-12-13-5-8;/h3-6,9,11H,1-2H3,(H,12,13)(H,15,17);1H. The second-order valence-corrected chi connectivity index (χ2v) is 3.65. The Hall–Kier alpha value is -1.86. The number of halogens is 1. The van der Waals surface area contributed by atoms with Crippen molar-refractivity contribution in [2.45, 2.75) is 6.04 Å². The molecule has 1 amide bonds. The first-order chi connectivity index (χ1) is 8.20. The molecule has 0 fully saturated rings. The number of aromatic amines is 1. The minimum Gasteiger partial charge on any atom is -0.322 e. The van der Waals surface area contributed by atoms with E-state index in [2.05, 4.69) is 25.9 Å². The van der Waals surface area contributed by atoms with E-state index in [-0.39, 0.29) is 18.3 Å². The molecule has 2 heterocycles. The van der Waals surface area contributed by atoms with Crippen LogP contribution < -0.4 is 10.6 Å². The van der Waals surface area contributed by atoms with Crippen molar-refractivity contribution in [2.75, 3.05) is 12.4 Å². The molecule has 0 radical (unpaired) electrons. The molecule has 0 aliphatic rings. The summed E-state index contributed by atoms with van der Waals surface area (Å²) in [6.45, 7) is 0. The Balaban J connectivity index is 0.00000162. The summed E-state index contributed by atoms with van der Waals surface area (Å²) in [7, 11) is 3.54. The largest absolute Gasteiger partial charge is 0.322 e. The number of hydrogen-bond acceptors (Lipinski definition) is 4. The molecule has 0 aromatic carbocycles. The van der Waals surface area contributed by atoms with Crippen LogP contribution in [0.4, 0.5) is 5.69 Å². The fourth-order valence-electron chi connectivity index (χ4n) is 1.57. The normalized spacial score (nSPS) is 11.7. The van der Waals surface area contributed by atoms with Crippen molar-refractivity contribution in [1.82, 2.24) is 25.3 Å². The maximum absolute atomic E-state index is 12.0. The SMILES string of the molecule is CNC(C(=O)Nc1cn[nH]c1)c1cnn(C)c1.Cl. The Morgan fingerprint density at radius 2 is 2.28 bits per heavy atom. The monoisotopic (exact) mass is 270 g/mol. The van der Waals surface area contributed by atoms with E-state index in [9.17, 15) is 4.79 Å². The Labute approximate surface area is 110 Å². The molecule has 1 unspecified atom stereocenters. The maximum atomic E-state index is 12.0. The molecule has 0 saturated carbocycles. The maximum Gasteiger partial charge on any atom is 0.246 e. The number of carbonyl (C=O) groups excluding carboxylic acids is 1. The smallest absolute Gasteiger partial charge is 0.246 e. The predicted molar refractivity (Wildman–Crippen MR) is 69.5 cm³/mol. The zero-order chi connectivity index (χ0) is 12.3. The molecule has 0 bridgehead atoms. The van der Waals surface area contributed by atoms with Crippen LogP contribution in [0.1, 0.15) is 11.6 Å². The van der Waals surface area contributed by atoms with Crippen molar-refractivity contribution >= 4 is 24.0 Å². The summed E-state index contributed by atoms with van der Waals surface area (Å²) in [5.41, 5.74) is 1.45. The van der Waals surface area contributed by atoms with Crippen molar-refractivity contribution in [1.29, 1.82) is 0 Å². The predicted octanol–water partition coefficient (Wildman–Crippen LogP) is 0.464. The van der Waals surface area contributed by atoms with Crippen LogP contribution in [0.2, 0.25) is 0 Å². The summed E-state index contributed by atoms with van der Waals surface area (Å²) in [5.74, 6) is -0.151. The number of amides is 1. The van der Waals surface area contributed by atoms with Crippen LogP contribution in [0.15, 0.2) is 24.8 Å². The Morgan fingerprint density at radius 1 is 1.50 bits per heavy atom. The third kappa shape index (κ3) is 3.08. The van der Waals surface area contributed by atoms with Crippen LogP contribution in [0.3, 0.4) is 0 Å². The van der Waals surface area contributed by atoms with Gasteiger partial charge in [-0.25, -0.2) is 0 Å². The number of hydrogen-bond donors (Lipinski definition) is 3. The summed E-state index contributed by atoms with van der Waals surface area (Å²) in [5, 5.41) is 16.1. The second-order valence-electron chi connectivity index (χ2n) is 3.65. The summed E-state index contributed by atoms with van der Waals surface area (Å²) in [4.78, 5) is 12.0. The van der Waals surface area contributed by atoms with Gasteiger partial charge in [0.25, 0.3) is 0 Å². The van der Waals surface area contributed by atoms with Gasteiger partial charge in [0.2, 0.25) is 5.91 Å². The van der Waals surface area contributed by atoms with E-state index in [0.29, 0.717) is 5.69 Å². The molecule has 8 heteroatoms. The molecule has 0 saturated heterocycles. The van der Waals surface area contributed by atoms with Crippen LogP contribution >= 0.6 is 12.4 Å². The molecule has 98 valence electrons. The van der Waals surface area contributed by atoms with E-state index in [0.717, 1.165) is 5.56 Å². The van der Waals surface area contributed by atoms with Gasteiger partial charge in [0.15, 0.2) is 0 Å². The number of aromatic nitrogens is 4. The molecule has 7 nitrogen and oxygen atoms in total. The summed E-state index contributed by atoms with van der Waals surface area (Å²) in [6.07, 6.45) is 6.63. The number of carbonyl (C=O) groups is 1. The molecule has 3 N–H and O–H groups in total. The van der Waals surface area contributed by atoms with E-state index in [4.69, 9.17) is 0 Å². The van der Waals surface area contributed by atoms with Crippen molar-refractivity contribution in [3.63, 3.8) is 0 Å². The highest BCUT2D eigenvalue weighted by Gasteiger charge is 2.20. The average molecular weight is 271 g/mol. The number of nitrogens with zero attached hydrogens (tertiary/aromatic N) is 3. The second kappa shape index (κ2) is 6.18. The van der Waals surface area contributed by atoms with E-state index < -0.39 is 6.04 Å². The molecule has 0 spiro atoms. The number of H-pyrrole nitrogens is 1. The first kappa shape index (κ1) is 14.2. The number of anilines is 1. The van der Waals surface area contributed by atoms with Gasteiger partial charge in [-0.3, -0.25) is 14.6 Å². The molecule has 2 rings (SSSR count). The quantitative estimate of drug-likeness (QED) is 0.753. The Morgan fingerprint density at radius 3 is 2.78 bits per heavy atom. The van der Waals surface area contributed by atoms with Crippen LogP contribution in [-0.4, -0.2) is 32.9 Å². The van der Waals surface area contributed by atoms with Crippen molar-refractivity contribution in [3.05, 3.63) is 30.4 Å². The molecule has 2 aromatic heterocycles. The molecular weight excluding hydrogens is 256 g/mol. The third-order valence-electron chi connectivity index (χ3n) is 2.37. The van der Waals surface area contributed by atoms with Gasteiger partial charge in [-0.1, -0.05) is 0 Å². The van der Waals surface area contributed by atoms with Crippen molar-refractivity contribution in [3.8, 4) is 0 Å². The number of rotatable bonds is 4. The van der Waals surface area contributed by atoms with E-state index in [1.165, 1.54) is 0 Å². The molecule has 1 atom stereocenters. The minimum absolute atomic E-state index is 0. The van der Waals surface area contributed by atoms with E-state index in [1.54, 1.807) is 36.5 Å². The van der Waals surface area contributed by atoms with Gasteiger partial charge in [-0.05, 0) is 7.05 Å².